The van der Waals surface area contributed by atoms with E-state index < -0.39 is 0 Å². The van der Waals surface area contributed by atoms with Gasteiger partial charge in [0.2, 0.25) is 5.91 Å². The van der Waals surface area contributed by atoms with Crippen LogP contribution in [0.2, 0.25) is 5.02 Å². The number of halogens is 2. The van der Waals surface area contributed by atoms with Crippen molar-refractivity contribution in [2.45, 2.75) is 12.5 Å². The van der Waals surface area contributed by atoms with Gasteiger partial charge in [-0.3, -0.25) is 4.79 Å². The summed E-state index contributed by atoms with van der Waals surface area (Å²) in [4.78, 5) is 13.4. The van der Waals surface area contributed by atoms with Crippen molar-refractivity contribution in [2.24, 2.45) is 5.73 Å². The molecule has 1 heterocycles. The normalized spacial score (nSPS) is 21.1. The van der Waals surface area contributed by atoms with Crippen LogP contribution in [0.4, 0.5) is 5.69 Å². The molecule has 3 nitrogen and oxygen atoms in total. The Labute approximate surface area is 107 Å². The average Bonchev–Trinajstić information content (AvgIpc) is 2.49. The number of rotatable bonds is 1. The second-order valence-corrected chi connectivity index (χ2v) is 5.08. The van der Waals surface area contributed by atoms with Crippen LogP contribution in [0.15, 0.2) is 18.2 Å². The van der Waals surface area contributed by atoms with Crippen LogP contribution < -0.4 is 10.6 Å². The molecule has 0 saturated carbocycles. The van der Waals surface area contributed by atoms with Crippen LogP contribution in [0.5, 0.6) is 0 Å². The summed E-state index contributed by atoms with van der Waals surface area (Å²) in [7, 11) is 0. The van der Waals surface area contributed by atoms with Gasteiger partial charge in [0, 0.05) is 15.1 Å². The third-order valence-corrected chi connectivity index (χ3v) is 3.55. The summed E-state index contributed by atoms with van der Waals surface area (Å²) in [5, 5.41) is 0.680. The van der Waals surface area contributed by atoms with Gasteiger partial charge < -0.3 is 10.6 Å². The first kappa shape index (κ1) is 11.2. The Morgan fingerprint density at radius 1 is 1.53 bits per heavy atom. The van der Waals surface area contributed by atoms with Crippen LogP contribution in [0.25, 0.3) is 0 Å². The Kier molecular flexibility index (Phi) is 3.18. The zero-order valence-corrected chi connectivity index (χ0v) is 10.8. The number of nitrogens with two attached hydrogens (primary N) is 1. The molecule has 1 amide bonds. The van der Waals surface area contributed by atoms with E-state index in [2.05, 4.69) is 22.6 Å². The van der Waals surface area contributed by atoms with Gasteiger partial charge in [-0.1, -0.05) is 11.6 Å². The lowest BCUT2D eigenvalue weighted by molar-refractivity contribution is -0.118. The molecular weight excluding hydrogens is 326 g/mol. The van der Waals surface area contributed by atoms with E-state index in [1.54, 1.807) is 11.0 Å². The summed E-state index contributed by atoms with van der Waals surface area (Å²) in [6, 6.07) is 5.14. The van der Waals surface area contributed by atoms with E-state index >= 15 is 0 Å². The van der Waals surface area contributed by atoms with Crippen LogP contribution in [0, 0.1) is 3.57 Å². The topological polar surface area (TPSA) is 46.3 Å². The van der Waals surface area contributed by atoms with Gasteiger partial charge in [0.15, 0.2) is 0 Å². The fourth-order valence-electron chi connectivity index (χ4n) is 1.64. The van der Waals surface area contributed by atoms with Gasteiger partial charge in [-0.15, -0.1) is 0 Å². The van der Waals surface area contributed by atoms with Gasteiger partial charge in [0.25, 0.3) is 0 Å². The highest BCUT2D eigenvalue weighted by atomic mass is 127. The smallest absolute Gasteiger partial charge is 0.243 e. The van der Waals surface area contributed by atoms with Crippen molar-refractivity contribution >= 4 is 45.8 Å². The zero-order chi connectivity index (χ0) is 11.0. The average molecular weight is 337 g/mol. The summed E-state index contributed by atoms with van der Waals surface area (Å²) >= 11 is 8.03. The van der Waals surface area contributed by atoms with Crippen LogP contribution in [-0.4, -0.2) is 18.5 Å². The summed E-state index contributed by atoms with van der Waals surface area (Å²) in [5.41, 5.74) is 6.57. The zero-order valence-electron chi connectivity index (χ0n) is 7.91. The summed E-state index contributed by atoms with van der Waals surface area (Å²) in [6.07, 6.45) is 0.720. The van der Waals surface area contributed by atoms with E-state index in [9.17, 15) is 4.79 Å². The minimum absolute atomic E-state index is 0.00441. The van der Waals surface area contributed by atoms with Crippen LogP contribution in [-0.2, 0) is 4.79 Å². The van der Waals surface area contributed by atoms with Gasteiger partial charge in [-0.05, 0) is 47.2 Å². The summed E-state index contributed by atoms with van der Waals surface area (Å²) in [5.74, 6) is -0.00441. The maximum Gasteiger partial charge on any atom is 0.243 e. The molecule has 1 aliphatic heterocycles. The molecule has 2 N–H and O–H groups in total. The minimum atomic E-state index is -0.350. The molecule has 80 valence electrons. The number of carbonyl (C=O) groups is 1. The SMILES string of the molecule is NC1CCN(c2ccc(Cl)cc2I)C1=O. The molecule has 2 rings (SSSR count). The summed E-state index contributed by atoms with van der Waals surface area (Å²) < 4.78 is 0.975. The van der Waals surface area contributed by atoms with Gasteiger partial charge in [0.05, 0.1) is 11.7 Å². The Morgan fingerprint density at radius 2 is 2.27 bits per heavy atom. The highest BCUT2D eigenvalue weighted by Gasteiger charge is 2.30. The second-order valence-electron chi connectivity index (χ2n) is 3.48. The lowest BCUT2D eigenvalue weighted by Gasteiger charge is -2.17. The molecule has 0 bridgehead atoms. The lowest BCUT2D eigenvalue weighted by Crippen LogP contribution is -2.34. The van der Waals surface area contributed by atoms with Crippen molar-refractivity contribution in [3.8, 4) is 0 Å². The van der Waals surface area contributed by atoms with E-state index in [-0.39, 0.29) is 11.9 Å². The van der Waals surface area contributed by atoms with Crippen molar-refractivity contribution < 1.29 is 4.79 Å². The number of nitrogens with zero attached hydrogens (tertiary/aromatic N) is 1. The van der Waals surface area contributed by atoms with Gasteiger partial charge in [-0.2, -0.15) is 0 Å². The van der Waals surface area contributed by atoms with Crippen molar-refractivity contribution in [1.29, 1.82) is 0 Å². The third kappa shape index (κ3) is 2.11. The first-order chi connectivity index (χ1) is 7.09. The number of anilines is 1. The molecule has 1 aromatic rings. The summed E-state index contributed by atoms with van der Waals surface area (Å²) in [6.45, 7) is 0.692. The molecule has 0 aromatic heterocycles. The Balaban J connectivity index is 2.34. The number of benzene rings is 1. The van der Waals surface area contributed by atoms with Crippen molar-refractivity contribution in [1.82, 2.24) is 0 Å². The molecule has 1 unspecified atom stereocenters. The maximum absolute atomic E-state index is 11.7. The van der Waals surface area contributed by atoms with Crippen LogP contribution in [0.1, 0.15) is 6.42 Å². The number of amides is 1. The lowest BCUT2D eigenvalue weighted by atomic mass is 10.3. The fourth-order valence-corrected chi connectivity index (χ4v) is 2.80. The Hall–Kier alpha value is -0.330. The molecule has 1 atom stereocenters. The van der Waals surface area contributed by atoms with Crippen molar-refractivity contribution in [3.63, 3.8) is 0 Å². The minimum Gasteiger partial charge on any atom is -0.320 e. The standard InChI is InChI=1S/C10H10ClIN2O/c11-6-1-2-9(7(12)5-6)14-4-3-8(13)10(14)15/h1-2,5,8H,3-4,13H2. The van der Waals surface area contributed by atoms with Crippen LogP contribution >= 0.6 is 34.2 Å². The molecular formula is C10H10ClIN2O. The van der Waals surface area contributed by atoms with Crippen LogP contribution in [0.3, 0.4) is 0 Å². The predicted molar refractivity (Wildman–Crippen MR) is 69.1 cm³/mol. The number of carbonyl (C=O) groups excluding carboxylic acids is 1. The molecule has 1 aliphatic rings. The van der Waals surface area contributed by atoms with Crippen molar-refractivity contribution in [3.05, 3.63) is 26.8 Å². The maximum atomic E-state index is 11.7. The molecule has 5 heteroatoms. The molecule has 1 fully saturated rings. The van der Waals surface area contributed by atoms with E-state index in [0.717, 1.165) is 15.7 Å². The van der Waals surface area contributed by atoms with E-state index in [4.69, 9.17) is 17.3 Å². The quantitative estimate of drug-likeness (QED) is 0.798. The molecule has 1 saturated heterocycles. The second kappa shape index (κ2) is 4.27. The monoisotopic (exact) mass is 336 g/mol. The fraction of sp³-hybridized carbons (Fsp3) is 0.300. The molecule has 1 aromatic carbocycles. The first-order valence-corrected chi connectivity index (χ1v) is 6.07. The number of hydrogen-bond donors (Lipinski definition) is 1. The highest BCUT2D eigenvalue weighted by molar-refractivity contribution is 14.1. The molecule has 0 radical (unpaired) electrons. The third-order valence-electron chi connectivity index (χ3n) is 2.45. The Bertz CT molecular complexity index is 410. The molecule has 0 spiro atoms. The molecule has 0 aliphatic carbocycles. The van der Waals surface area contributed by atoms with E-state index in [1.165, 1.54) is 0 Å². The van der Waals surface area contributed by atoms with E-state index in [1.807, 2.05) is 12.1 Å². The predicted octanol–water partition coefficient (Wildman–Crippen LogP) is 2.01. The van der Waals surface area contributed by atoms with Gasteiger partial charge in [-0.25, -0.2) is 0 Å². The van der Waals surface area contributed by atoms with Gasteiger partial charge >= 0.3 is 0 Å². The first-order valence-electron chi connectivity index (χ1n) is 4.61. The van der Waals surface area contributed by atoms with E-state index in [0.29, 0.717) is 11.6 Å². The molecule has 15 heavy (non-hydrogen) atoms. The highest BCUT2D eigenvalue weighted by Crippen LogP contribution is 2.28. The van der Waals surface area contributed by atoms with Gasteiger partial charge in [0.1, 0.15) is 0 Å². The number of hydrogen-bond acceptors (Lipinski definition) is 2. The van der Waals surface area contributed by atoms with Crippen molar-refractivity contribution in [2.75, 3.05) is 11.4 Å². The largest absolute Gasteiger partial charge is 0.320 e. The Morgan fingerprint density at radius 3 is 2.80 bits per heavy atom.